The van der Waals surface area contributed by atoms with Gasteiger partial charge >= 0.3 is 0 Å². The molecule has 8 nitrogen and oxygen atoms in total. The average molecular weight is 313 g/mol. The molecule has 21 heavy (non-hydrogen) atoms. The number of non-ortho nitro benzene ring substituents is 1. The highest BCUT2D eigenvalue weighted by atomic mass is 32.2. The van der Waals surface area contributed by atoms with E-state index in [2.05, 4.69) is 10.3 Å². The number of para-hydroxylation sites is 1. The fourth-order valence-corrected chi connectivity index (χ4v) is 1.91. The minimum absolute atomic E-state index is 0.0519. The molecule has 1 heterocycles. The van der Waals surface area contributed by atoms with Crippen LogP contribution in [-0.2, 0) is 9.84 Å². The number of anilines is 1. The molecule has 0 unspecified atom stereocenters. The molecule has 0 atom stereocenters. The van der Waals surface area contributed by atoms with Gasteiger partial charge in [0.2, 0.25) is 0 Å². The van der Waals surface area contributed by atoms with E-state index in [4.69, 9.17) is 4.42 Å². The molecular weight excluding hydrogens is 298 g/mol. The van der Waals surface area contributed by atoms with Crippen LogP contribution in [0.4, 0.5) is 11.7 Å². The topological polar surface area (TPSA) is 115 Å². The van der Waals surface area contributed by atoms with Crippen molar-refractivity contribution in [3.05, 3.63) is 28.3 Å². The number of hydrogen-bond donors (Lipinski definition) is 1. The first kappa shape index (κ1) is 15.2. The Morgan fingerprint density at radius 3 is 2.67 bits per heavy atom. The van der Waals surface area contributed by atoms with E-state index < -0.39 is 19.5 Å². The minimum Gasteiger partial charge on any atom is -0.423 e. The molecule has 9 heteroatoms. The van der Waals surface area contributed by atoms with E-state index in [0.29, 0.717) is 0 Å². The van der Waals surface area contributed by atoms with Crippen molar-refractivity contribution in [3.8, 4) is 0 Å². The van der Waals surface area contributed by atoms with Gasteiger partial charge < -0.3 is 9.73 Å². The Labute approximate surface area is 121 Å². The summed E-state index contributed by atoms with van der Waals surface area (Å²) in [5.74, 6) is 0. The second-order valence-electron chi connectivity index (χ2n) is 5.29. The Morgan fingerprint density at radius 2 is 2.10 bits per heavy atom. The van der Waals surface area contributed by atoms with Crippen LogP contribution in [0, 0.1) is 10.1 Å². The molecule has 0 aliphatic rings. The summed E-state index contributed by atoms with van der Waals surface area (Å²) in [6.45, 7) is 3.22. The molecule has 114 valence electrons. The van der Waals surface area contributed by atoms with Crippen molar-refractivity contribution < 1.29 is 17.8 Å². The zero-order chi connectivity index (χ0) is 15.8. The van der Waals surface area contributed by atoms with Gasteiger partial charge in [0, 0.05) is 18.9 Å². The summed E-state index contributed by atoms with van der Waals surface area (Å²) in [5, 5.41) is 13.7. The van der Waals surface area contributed by atoms with E-state index in [1.165, 1.54) is 12.1 Å². The summed E-state index contributed by atoms with van der Waals surface area (Å²) in [6, 6.07) is 4.43. The quantitative estimate of drug-likeness (QED) is 0.662. The number of nitrogens with zero attached hydrogens (tertiary/aromatic N) is 2. The van der Waals surface area contributed by atoms with Crippen LogP contribution in [0.5, 0.6) is 0 Å². The van der Waals surface area contributed by atoms with E-state index >= 15 is 0 Å². The van der Waals surface area contributed by atoms with Crippen LogP contribution < -0.4 is 5.32 Å². The zero-order valence-corrected chi connectivity index (χ0v) is 12.6. The van der Waals surface area contributed by atoms with Gasteiger partial charge in [-0.2, -0.15) is 4.98 Å². The van der Waals surface area contributed by atoms with Crippen LogP contribution >= 0.6 is 0 Å². The van der Waals surface area contributed by atoms with E-state index in [9.17, 15) is 18.5 Å². The molecule has 0 saturated carbocycles. The number of fused-ring (bicyclic) bond motifs is 1. The van der Waals surface area contributed by atoms with Crippen molar-refractivity contribution in [1.82, 2.24) is 4.98 Å². The number of benzene rings is 1. The number of aromatic nitrogens is 1. The molecule has 0 saturated heterocycles. The molecule has 0 fully saturated rings. The Kier molecular flexibility index (Phi) is 3.62. The summed E-state index contributed by atoms with van der Waals surface area (Å²) in [7, 11) is -3.26. The summed E-state index contributed by atoms with van der Waals surface area (Å²) in [5.41, 5.74) is 0.234. The van der Waals surface area contributed by atoms with Crippen molar-refractivity contribution in [3.63, 3.8) is 0 Å². The molecular formula is C12H15N3O5S. The first-order valence-corrected chi connectivity index (χ1v) is 7.98. The predicted molar refractivity (Wildman–Crippen MR) is 78.1 cm³/mol. The molecule has 0 aliphatic heterocycles. The van der Waals surface area contributed by atoms with E-state index in [0.717, 1.165) is 6.26 Å². The number of nitrogens with one attached hydrogen (secondary N) is 1. The molecule has 1 N–H and O–H groups in total. The lowest BCUT2D eigenvalue weighted by molar-refractivity contribution is -0.383. The molecule has 0 amide bonds. The summed E-state index contributed by atoms with van der Waals surface area (Å²) < 4.78 is 27.6. The van der Waals surface area contributed by atoms with Crippen molar-refractivity contribution in [2.24, 2.45) is 0 Å². The molecule has 0 bridgehead atoms. The number of nitro groups is 1. The van der Waals surface area contributed by atoms with Crippen molar-refractivity contribution in [2.75, 3.05) is 18.1 Å². The Bertz CT molecular complexity index is 794. The molecule has 0 aliphatic carbocycles. The van der Waals surface area contributed by atoms with Crippen LogP contribution in [-0.4, -0.2) is 35.9 Å². The monoisotopic (exact) mass is 313 g/mol. The number of sulfone groups is 1. The van der Waals surface area contributed by atoms with E-state index in [1.807, 2.05) is 0 Å². The zero-order valence-electron chi connectivity index (χ0n) is 11.8. The van der Waals surface area contributed by atoms with Gasteiger partial charge in [0.15, 0.2) is 20.9 Å². The average Bonchev–Trinajstić information content (AvgIpc) is 2.77. The first-order chi connectivity index (χ1) is 9.62. The molecule has 1 aromatic heterocycles. The standard InChI is InChI=1S/C12H15N3O5S/c1-12(2,21(3,18)19)7-13-11-14-10-8(15(16)17)5-4-6-9(10)20-11/h4-6H,7H2,1-3H3,(H,13,14). The van der Waals surface area contributed by atoms with Crippen molar-refractivity contribution >= 4 is 32.6 Å². The normalized spacial score (nSPS) is 12.5. The molecule has 2 rings (SSSR count). The first-order valence-electron chi connectivity index (χ1n) is 6.09. The van der Waals surface area contributed by atoms with Gasteiger partial charge in [0.1, 0.15) is 0 Å². The minimum atomic E-state index is -3.26. The third kappa shape index (κ3) is 2.97. The molecule has 1 aromatic carbocycles. The van der Waals surface area contributed by atoms with Crippen molar-refractivity contribution in [2.45, 2.75) is 18.6 Å². The number of rotatable bonds is 5. The maximum absolute atomic E-state index is 11.6. The van der Waals surface area contributed by atoms with Gasteiger partial charge in [-0.3, -0.25) is 10.1 Å². The lowest BCUT2D eigenvalue weighted by atomic mass is 10.2. The van der Waals surface area contributed by atoms with Crippen LogP contribution in [0.1, 0.15) is 13.8 Å². The highest BCUT2D eigenvalue weighted by Gasteiger charge is 2.30. The summed E-state index contributed by atoms with van der Waals surface area (Å²) >= 11 is 0. The Balaban J connectivity index is 2.29. The third-order valence-corrected chi connectivity index (χ3v) is 5.42. The smallest absolute Gasteiger partial charge is 0.298 e. The van der Waals surface area contributed by atoms with E-state index in [1.54, 1.807) is 19.9 Å². The SMILES string of the molecule is CC(C)(CNc1nc2c([N+](=O)[O-])cccc2o1)S(C)(=O)=O. The summed E-state index contributed by atoms with van der Waals surface area (Å²) in [4.78, 5) is 14.4. The summed E-state index contributed by atoms with van der Waals surface area (Å²) in [6.07, 6.45) is 1.14. The Hall–Kier alpha value is -2.16. The van der Waals surface area contributed by atoms with Crippen LogP contribution in [0.2, 0.25) is 0 Å². The van der Waals surface area contributed by atoms with Gasteiger partial charge in [0.05, 0.1) is 9.67 Å². The van der Waals surface area contributed by atoms with Gasteiger partial charge in [-0.1, -0.05) is 6.07 Å². The molecule has 2 aromatic rings. The van der Waals surface area contributed by atoms with Gasteiger partial charge in [0.25, 0.3) is 11.7 Å². The third-order valence-electron chi connectivity index (χ3n) is 3.26. The fourth-order valence-electron chi connectivity index (χ4n) is 1.58. The number of hydrogen-bond acceptors (Lipinski definition) is 7. The molecule has 0 radical (unpaired) electrons. The van der Waals surface area contributed by atoms with Crippen LogP contribution in [0.15, 0.2) is 22.6 Å². The highest BCUT2D eigenvalue weighted by Crippen LogP contribution is 2.27. The van der Waals surface area contributed by atoms with Gasteiger partial charge in [-0.15, -0.1) is 0 Å². The highest BCUT2D eigenvalue weighted by molar-refractivity contribution is 7.92. The van der Waals surface area contributed by atoms with Gasteiger partial charge in [-0.25, -0.2) is 8.42 Å². The largest absolute Gasteiger partial charge is 0.423 e. The Morgan fingerprint density at radius 1 is 1.43 bits per heavy atom. The van der Waals surface area contributed by atoms with E-state index in [-0.39, 0.29) is 29.3 Å². The lowest BCUT2D eigenvalue weighted by Crippen LogP contribution is -2.38. The lowest BCUT2D eigenvalue weighted by Gasteiger charge is -2.21. The second kappa shape index (κ2) is 4.99. The number of oxazole rings is 1. The maximum Gasteiger partial charge on any atom is 0.298 e. The van der Waals surface area contributed by atoms with Crippen LogP contribution in [0.25, 0.3) is 11.1 Å². The maximum atomic E-state index is 11.6. The molecule has 0 spiro atoms. The van der Waals surface area contributed by atoms with Crippen LogP contribution in [0.3, 0.4) is 0 Å². The fraction of sp³-hybridized carbons (Fsp3) is 0.417. The van der Waals surface area contributed by atoms with Gasteiger partial charge in [-0.05, 0) is 19.9 Å². The van der Waals surface area contributed by atoms with Crippen molar-refractivity contribution in [1.29, 1.82) is 0 Å². The number of nitro benzene ring substituents is 1. The second-order valence-corrected chi connectivity index (χ2v) is 7.93. The predicted octanol–water partition coefficient (Wildman–Crippen LogP) is 1.97.